The molecule has 1 aromatic rings. The van der Waals surface area contributed by atoms with E-state index in [1.165, 1.54) is 36.2 Å². The summed E-state index contributed by atoms with van der Waals surface area (Å²) in [5, 5.41) is 4.35. The number of nitrogens with one attached hydrogen (secondary N) is 1. The van der Waals surface area contributed by atoms with Crippen LogP contribution in [0, 0.1) is 6.92 Å². The van der Waals surface area contributed by atoms with Crippen LogP contribution in [0.1, 0.15) is 51.3 Å². The predicted octanol–water partition coefficient (Wildman–Crippen LogP) is 3.12. The van der Waals surface area contributed by atoms with E-state index in [2.05, 4.69) is 10.2 Å². The third-order valence-electron chi connectivity index (χ3n) is 4.25. The van der Waals surface area contributed by atoms with Gasteiger partial charge in [0.2, 0.25) is 0 Å². The maximum absolute atomic E-state index is 12.4. The van der Waals surface area contributed by atoms with Crippen LogP contribution in [-0.4, -0.2) is 61.1 Å². The van der Waals surface area contributed by atoms with Crippen LogP contribution < -0.4 is 5.32 Å². The minimum Gasteiger partial charge on any atom is -0.465 e. The van der Waals surface area contributed by atoms with Crippen LogP contribution in [0.4, 0.5) is 5.00 Å². The number of hydrogen-bond donors (Lipinski definition) is 1. The van der Waals surface area contributed by atoms with E-state index in [4.69, 9.17) is 17.0 Å². The largest absolute Gasteiger partial charge is 0.465 e. The Morgan fingerprint density at radius 2 is 1.80 bits per heavy atom. The second-order valence-corrected chi connectivity index (χ2v) is 7.69. The molecule has 25 heavy (non-hydrogen) atoms. The van der Waals surface area contributed by atoms with E-state index in [9.17, 15) is 9.59 Å². The Balaban J connectivity index is 2.31. The third-order valence-corrected chi connectivity index (χ3v) is 5.81. The van der Waals surface area contributed by atoms with Crippen LogP contribution in [0.25, 0.3) is 0 Å². The molecule has 0 atom stereocenters. The molecule has 1 N–H and O–H groups in total. The van der Waals surface area contributed by atoms with Gasteiger partial charge in [-0.1, -0.05) is 12.8 Å². The van der Waals surface area contributed by atoms with Gasteiger partial charge in [0.25, 0.3) is 5.91 Å². The van der Waals surface area contributed by atoms with Crippen molar-refractivity contribution < 1.29 is 14.3 Å². The number of thiophene rings is 1. The zero-order chi connectivity index (χ0) is 18.6. The van der Waals surface area contributed by atoms with E-state index in [0.717, 1.165) is 25.9 Å². The van der Waals surface area contributed by atoms with Crippen molar-refractivity contribution in [2.75, 3.05) is 39.6 Å². The lowest BCUT2D eigenvalue weighted by atomic mass is 10.1. The number of nitrogens with zero attached hydrogens (tertiary/aromatic N) is 2. The van der Waals surface area contributed by atoms with Gasteiger partial charge in [-0.3, -0.25) is 4.79 Å². The quantitative estimate of drug-likeness (QED) is 0.639. The molecule has 0 saturated carbocycles. The van der Waals surface area contributed by atoms with Crippen LogP contribution in [-0.2, 0) is 4.74 Å². The summed E-state index contributed by atoms with van der Waals surface area (Å²) in [5.74, 6) is -0.603. The summed E-state index contributed by atoms with van der Waals surface area (Å²) in [7, 11) is 4.71. The van der Waals surface area contributed by atoms with Crippen LogP contribution in [0.15, 0.2) is 0 Å². The van der Waals surface area contributed by atoms with Crippen molar-refractivity contribution in [2.24, 2.45) is 0 Å². The van der Waals surface area contributed by atoms with E-state index < -0.39 is 5.97 Å². The first-order valence-corrected chi connectivity index (χ1v) is 9.58. The van der Waals surface area contributed by atoms with Crippen molar-refractivity contribution in [1.82, 2.24) is 9.80 Å². The fourth-order valence-electron chi connectivity index (χ4n) is 2.81. The van der Waals surface area contributed by atoms with Gasteiger partial charge < -0.3 is 19.9 Å². The zero-order valence-corrected chi connectivity index (χ0v) is 16.8. The number of carbonyl (C=O) groups is 2. The fraction of sp³-hybridized carbons (Fsp3) is 0.588. The van der Waals surface area contributed by atoms with Crippen LogP contribution in [0.5, 0.6) is 0 Å². The predicted molar refractivity (Wildman–Crippen MR) is 105 cm³/mol. The average molecular weight is 384 g/mol. The number of carbonyl (C=O) groups excluding carboxylic acids is 2. The van der Waals surface area contributed by atoms with Crippen LogP contribution in [0.3, 0.4) is 0 Å². The average Bonchev–Trinajstić information content (AvgIpc) is 2.78. The summed E-state index contributed by atoms with van der Waals surface area (Å²) in [6.45, 7) is 3.58. The molecule has 0 radical (unpaired) electrons. The SMILES string of the molecule is COC(=O)c1c(NC(=S)N2CCCCCC2)sc(C(=O)N(C)C)c1C. The number of esters is 1. The highest BCUT2D eigenvalue weighted by atomic mass is 32.1. The number of amides is 1. The van der Waals surface area contributed by atoms with Crippen molar-refractivity contribution in [3.8, 4) is 0 Å². The highest BCUT2D eigenvalue weighted by Crippen LogP contribution is 2.34. The number of hydrogen-bond acceptors (Lipinski definition) is 5. The standard InChI is InChI=1S/C17H25N3O3S2/c1-11-12(16(22)23-4)14(25-13(11)15(21)19(2)3)18-17(24)20-9-7-5-6-8-10-20/h5-10H2,1-4H3,(H,18,24). The van der Waals surface area contributed by atoms with E-state index >= 15 is 0 Å². The van der Waals surface area contributed by atoms with Gasteiger partial charge in [0.05, 0.1) is 17.6 Å². The van der Waals surface area contributed by atoms with E-state index in [0.29, 0.717) is 26.1 Å². The zero-order valence-electron chi connectivity index (χ0n) is 15.2. The van der Waals surface area contributed by atoms with Gasteiger partial charge >= 0.3 is 5.97 Å². The van der Waals surface area contributed by atoms with Gasteiger partial charge in [-0.05, 0) is 37.5 Å². The lowest BCUT2D eigenvalue weighted by Gasteiger charge is -2.23. The summed E-state index contributed by atoms with van der Waals surface area (Å²) < 4.78 is 4.90. The number of ether oxygens (including phenoxy) is 1. The maximum atomic E-state index is 12.4. The number of likely N-dealkylation sites (tertiary alicyclic amines) is 1. The van der Waals surface area contributed by atoms with Crippen molar-refractivity contribution >= 4 is 45.5 Å². The maximum Gasteiger partial charge on any atom is 0.341 e. The molecule has 0 aromatic carbocycles. The monoisotopic (exact) mass is 383 g/mol. The first-order chi connectivity index (χ1) is 11.9. The molecule has 1 fully saturated rings. The highest BCUT2D eigenvalue weighted by Gasteiger charge is 2.27. The summed E-state index contributed by atoms with van der Waals surface area (Å²) in [5.41, 5.74) is 1.01. The Hall–Kier alpha value is -1.67. The molecular formula is C17H25N3O3S2. The lowest BCUT2D eigenvalue weighted by molar-refractivity contribution is 0.0601. The van der Waals surface area contributed by atoms with Crippen molar-refractivity contribution in [1.29, 1.82) is 0 Å². The van der Waals surface area contributed by atoms with Gasteiger partial charge in [0.15, 0.2) is 5.11 Å². The molecule has 1 amide bonds. The van der Waals surface area contributed by atoms with Crippen molar-refractivity contribution in [3.63, 3.8) is 0 Å². The smallest absolute Gasteiger partial charge is 0.341 e. The first-order valence-electron chi connectivity index (χ1n) is 8.36. The molecule has 8 heteroatoms. The Morgan fingerprint density at radius 1 is 1.20 bits per heavy atom. The molecule has 0 spiro atoms. The normalized spacial score (nSPS) is 14.6. The van der Waals surface area contributed by atoms with Crippen LogP contribution >= 0.6 is 23.6 Å². The second kappa shape index (κ2) is 8.62. The molecule has 1 aliphatic heterocycles. The number of methoxy groups -OCH3 is 1. The molecule has 1 saturated heterocycles. The van der Waals surface area contributed by atoms with Crippen molar-refractivity contribution in [2.45, 2.75) is 32.6 Å². The highest BCUT2D eigenvalue weighted by molar-refractivity contribution is 7.80. The molecule has 138 valence electrons. The third kappa shape index (κ3) is 4.49. The first kappa shape index (κ1) is 19.7. The van der Waals surface area contributed by atoms with E-state index in [1.807, 2.05) is 0 Å². The molecule has 2 heterocycles. The Bertz CT molecular complexity index is 662. The second-order valence-electron chi connectivity index (χ2n) is 6.28. The molecule has 0 unspecified atom stereocenters. The molecule has 2 rings (SSSR count). The van der Waals surface area contributed by atoms with Gasteiger partial charge in [0, 0.05) is 27.2 Å². The Labute approximate surface area is 158 Å². The minimum atomic E-state index is -0.465. The number of thiocarbonyl (C=S) groups is 1. The summed E-state index contributed by atoms with van der Waals surface area (Å²) in [6, 6.07) is 0. The molecule has 0 aliphatic carbocycles. The van der Waals surface area contributed by atoms with E-state index in [-0.39, 0.29) is 5.91 Å². The van der Waals surface area contributed by atoms with Gasteiger partial charge in [0.1, 0.15) is 5.00 Å². The molecule has 6 nitrogen and oxygen atoms in total. The summed E-state index contributed by atoms with van der Waals surface area (Å²) in [4.78, 5) is 28.8. The molecule has 1 aliphatic rings. The van der Waals surface area contributed by atoms with Gasteiger partial charge in [-0.25, -0.2) is 4.79 Å². The van der Waals surface area contributed by atoms with E-state index in [1.54, 1.807) is 21.0 Å². The van der Waals surface area contributed by atoms with Gasteiger partial charge in [-0.15, -0.1) is 11.3 Å². The Morgan fingerprint density at radius 3 is 2.32 bits per heavy atom. The van der Waals surface area contributed by atoms with Gasteiger partial charge in [-0.2, -0.15) is 0 Å². The topological polar surface area (TPSA) is 61.9 Å². The number of rotatable bonds is 3. The van der Waals surface area contributed by atoms with Crippen LogP contribution in [0.2, 0.25) is 0 Å². The number of anilines is 1. The molecular weight excluding hydrogens is 358 g/mol. The molecule has 0 bridgehead atoms. The summed E-state index contributed by atoms with van der Waals surface area (Å²) >= 11 is 6.79. The Kier molecular flexibility index (Phi) is 6.78. The fourth-order valence-corrected chi connectivity index (χ4v) is 4.37. The van der Waals surface area contributed by atoms with Crippen molar-refractivity contribution in [3.05, 3.63) is 16.0 Å². The molecule has 1 aromatic heterocycles. The summed E-state index contributed by atoms with van der Waals surface area (Å²) in [6.07, 6.45) is 4.65. The lowest BCUT2D eigenvalue weighted by Crippen LogP contribution is -2.35. The minimum absolute atomic E-state index is 0.138.